The van der Waals surface area contributed by atoms with E-state index in [0.29, 0.717) is 16.8 Å². The molecule has 4 nitrogen and oxygen atoms in total. The van der Waals surface area contributed by atoms with E-state index in [-0.39, 0.29) is 0 Å². The minimum absolute atomic E-state index is 0.332. The molecule has 1 aliphatic heterocycles. The first-order chi connectivity index (χ1) is 8.75. The molecule has 2 heterocycles. The molecule has 0 saturated carbocycles. The summed E-state index contributed by atoms with van der Waals surface area (Å²) in [6, 6.07) is 11.3. The van der Waals surface area contributed by atoms with Crippen molar-refractivity contribution in [3.63, 3.8) is 0 Å². The Bertz CT molecular complexity index is 845. The molecule has 0 aliphatic carbocycles. The molecule has 1 N–H and O–H groups in total. The molecule has 0 fully saturated rings. The fourth-order valence-electron chi connectivity index (χ4n) is 2.43. The van der Waals surface area contributed by atoms with Gasteiger partial charge in [-0.05, 0) is 12.1 Å². The monoisotopic (exact) mass is 237 g/mol. The second kappa shape index (κ2) is 2.98. The van der Waals surface area contributed by atoms with Crippen LogP contribution < -0.4 is 4.74 Å². The molecule has 0 spiro atoms. The van der Waals surface area contributed by atoms with Gasteiger partial charge in [-0.25, -0.2) is 4.79 Å². The predicted molar refractivity (Wildman–Crippen MR) is 65.8 cm³/mol. The summed E-state index contributed by atoms with van der Waals surface area (Å²) in [6.45, 7) is 0. The summed E-state index contributed by atoms with van der Waals surface area (Å²) >= 11 is 0. The fourth-order valence-corrected chi connectivity index (χ4v) is 2.43. The van der Waals surface area contributed by atoms with Gasteiger partial charge in [0, 0.05) is 16.3 Å². The summed E-state index contributed by atoms with van der Waals surface area (Å²) < 4.78 is 5.04. The molecule has 0 radical (unpaired) electrons. The van der Waals surface area contributed by atoms with Crippen molar-refractivity contribution in [3.8, 4) is 5.75 Å². The van der Waals surface area contributed by atoms with E-state index >= 15 is 0 Å². The van der Waals surface area contributed by atoms with Crippen molar-refractivity contribution in [2.24, 2.45) is 0 Å². The Morgan fingerprint density at radius 3 is 2.67 bits per heavy atom. The highest BCUT2D eigenvalue weighted by atomic mass is 16.5. The van der Waals surface area contributed by atoms with Crippen molar-refractivity contribution in [2.45, 2.75) is 0 Å². The number of fused-ring (bicyclic) bond motifs is 5. The maximum Gasteiger partial charge on any atom is 0.385 e. The number of aromatic amines is 1. The third-order valence-electron chi connectivity index (χ3n) is 3.26. The van der Waals surface area contributed by atoms with Gasteiger partial charge in [0.05, 0.1) is 11.1 Å². The van der Waals surface area contributed by atoms with E-state index in [1.165, 1.54) is 0 Å². The minimum atomic E-state index is -0.809. The van der Waals surface area contributed by atoms with Gasteiger partial charge in [0.1, 0.15) is 0 Å². The minimum Gasteiger partial charge on any atom is -0.417 e. The van der Waals surface area contributed by atoms with Crippen LogP contribution in [0.4, 0.5) is 0 Å². The van der Waals surface area contributed by atoms with Crippen LogP contribution >= 0.6 is 0 Å². The Morgan fingerprint density at radius 1 is 0.944 bits per heavy atom. The normalized spacial score (nSPS) is 14.2. The van der Waals surface area contributed by atoms with Crippen LogP contribution in [0.1, 0.15) is 10.4 Å². The molecule has 2 aromatic carbocycles. The number of nitrogens with one attached hydrogen (secondary N) is 1. The molecule has 0 amide bonds. The van der Waals surface area contributed by atoms with E-state index in [1.54, 1.807) is 6.07 Å². The molecule has 86 valence electrons. The number of esters is 1. The van der Waals surface area contributed by atoms with E-state index < -0.39 is 11.8 Å². The maximum atomic E-state index is 11.6. The number of aromatic nitrogens is 1. The maximum absolute atomic E-state index is 11.6. The summed E-state index contributed by atoms with van der Waals surface area (Å²) in [4.78, 5) is 26.1. The molecular formula is C14H7NO3. The van der Waals surface area contributed by atoms with Crippen molar-refractivity contribution in [1.82, 2.24) is 4.98 Å². The SMILES string of the molecule is O=C1Oc2c(ccc3c2[nH]c2ccccc23)C1=O. The summed E-state index contributed by atoms with van der Waals surface area (Å²) in [5.74, 6) is -1.04. The van der Waals surface area contributed by atoms with Crippen LogP contribution in [0.2, 0.25) is 0 Å². The molecule has 0 saturated heterocycles. The second-order valence-electron chi connectivity index (χ2n) is 4.25. The fraction of sp³-hybridized carbons (Fsp3) is 0. The molecule has 0 bridgehead atoms. The van der Waals surface area contributed by atoms with Gasteiger partial charge in [0.25, 0.3) is 5.78 Å². The van der Waals surface area contributed by atoms with Gasteiger partial charge >= 0.3 is 5.97 Å². The van der Waals surface area contributed by atoms with Crippen LogP contribution in [0.3, 0.4) is 0 Å². The Labute approximate surface area is 101 Å². The quantitative estimate of drug-likeness (QED) is 0.371. The number of H-pyrrole nitrogens is 1. The lowest BCUT2D eigenvalue weighted by atomic mass is 10.1. The first-order valence-electron chi connectivity index (χ1n) is 5.55. The third-order valence-corrected chi connectivity index (χ3v) is 3.26. The molecule has 0 unspecified atom stereocenters. The van der Waals surface area contributed by atoms with E-state index in [1.807, 2.05) is 30.3 Å². The molecule has 1 aliphatic rings. The average Bonchev–Trinajstić information content (AvgIpc) is 2.89. The molecule has 0 atom stereocenters. The third kappa shape index (κ3) is 0.996. The molecule has 18 heavy (non-hydrogen) atoms. The number of Topliss-reactive ketones (excluding diaryl/α,β-unsaturated/α-hetero) is 1. The zero-order valence-corrected chi connectivity index (χ0v) is 9.19. The van der Waals surface area contributed by atoms with E-state index in [0.717, 1.165) is 16.3 Å². The molecule has 4 rings (SSSR count). The van der Waals surface area contributed by atoms with E-state index in [4.69, 9.17) is 4.74 Å². The lowest BCUT2D eigenvalue weighted by Gasteiger charge is -1.97. The largest absolute Gasteiger partial charge is 0.417 e. The van der Waals surface area contributed by atoms with Gasteiger partial charge < -0.3 is 9.72 Å². The van der Waals surface area contributed by atoms with Gasteiger partial charge in [-0.1, -0.05) is 24.3 Å². The Hall–Kier alpha value is -2.62. The average molecular weight is 237 g/mol. The van der Waals surface area contributed by atoms with Crippen molar-refractivity contribution < 1.29 is 14.3 Å². The van der Waals surface area contributed by atoms with Gasteiger partial charge in [0.2, 0.25) is 0 Å². The van der Waals surface area contributed by atoms with Crippen molar-refractivity contribution >= 4 is 33.6 Å². The highest BCUT2D eigenvalue weighted by Crippen LogP contribution is 2.37. The van der Waals surface area contributed by atoms with Crippen LogP contribution in [-0.2, 0) is 4.79 Å². The van der Waals surface area contributed by atoms with Crippen LogP contribution in [0.5, 0.6) is 5.75 Å². The van der Waals surface area contributed by atoms with Crippen molar-refractivity contribution in [1.29, 1.82) is 0 Å². The second-order valence-corrected chi connectivity index (χ2v) is 4.25. The first kappa shape index (κ1) is 9.41. The zero-order chi connectivity index (χ0) is 12.3. The van der Waals surface area contributed by atoms with Crippen LogP contribution in [0.25, 0.3) is 21.8 Å². The van der Waals surface area contributed by atoms with E-state index in [9.17, 15) is 9.59 Å². The zero-order valence-electron chi connectivity index (χ0n) is 9.19. The highest BCUT2D eigenvalue weighted by Gasteiger charge is 2.33. The Morgan fingerprint density at radius 2 is 1.78 bits per heavy atom. The summed E-state index contributed by atoms with van der Waals surface area (Å²) in [6.07, 6.45) is 0. The summed E-state index contributed by atoms with van der Waals surface area (Å²) in [7, 11) is 0. The van der Waals surface area contributed by atoms with Crippen LogP contribution in [-0.4, -0.2) is 16.7 Å². The Kier molecular flexibility index (Phi) is 1.56. The topological polar surface area (TPSA) is 59.2 Å². The van der Waals surface area contributed by atoms with E-state index in [2.05, 4.69) is 4.98 Å². The molecule has 1 aromatic heterocycles. The lowest BCUT2D eigenvalue weighted by Crippen LogP contribution is -2.10. The molecule has 4 heteroatoms. The molecule has 3 aromatic rings. The number of hydrogen-bond acceptors (Lipinski definition) is 3. The summed E-state index contributed by atoms with van der Waals surface area (Å²) in [5, 5.41) is 2.00. The number of ketones is 1. The van der Waals surface area contributed by atoms with Crippen LogP contribution in [0.15, 0.2) is 36.4 Å². The van der Waals surface area contributed by atoms with Gasteiger partial charge in [0.15, 0.2) is 5.75 Å². The number of para-hydroxylation sites is 1. The van der Waals surface area contributed by atoms with Crippen molar-refractivity contribution in [3.05, 3.63) is 42.0 Å². The lowest BCUT2D eigenvalue weighted by molar-refractivity contribution is -0.128. The first-order valence-corrected chi connectivity index (χ1v) is 5.55. The number of carbonyl (C=O) groups is 2. The van der Waals surface area contributed by atoms with Gasteiger partial charge in [-0.3, -0.25) is 4.79 Å². The number of benzene rings is 2. The molecular weight excluding hydrogens is 230 g/mol. The summed E-state index contributed by atoms with van der Waals surface area (Å²) in [5.41, 5.74) is 1.99. The number of carbonyl (C=O) groups excluding carboxylic acids is 2. The van der Waals surface area contributed by atoms with Gasteiger partial charge in [-0.2, -0.15) is 0 Å². The number of rotatable bonds is 0. The number of ether oxygens (including phenoxy) is 1. The van der Waals surface area contributed by atoms with Crippen LogP contribution in [0, 0.1) is 0 Å². The predicted octanol–water partition coefficient (Wildman–Crippen LogP) is 2.42. The van der Waals surface area contributed by atoms with Crippen molar-refractivity contribution in [2.75, 3.05) is 0 Å². The Balaban J connectivity index is 2.20. The smallest absolute Gasteiger partial charge is 0.385 e. The highest BCUT2D eigenvalue weighted by molar-refractivity contribution is 6.45. The van der Waals surface area contributed by atoms with Gasteiger partial charge in [-0.15, -0.1) is 0 Å². The number of hydrogen-bond donors (Lipinski definition) is 1. The standard InChI is InChI=1S/C14H7NO3/c16-12-9-6-5-8-7-3-1-2-4-10(7)15-11(8)13(9)18-14(12)17/h1-6,15H.